The van der Waals surface area contributed by atoms with Gasteiger partial charge in [-0.3, -0.25) is 0 Å². The summed E-state index contributed by atoms with van der Waals surface area (Å²) in [5.74, 6) is 2.26. The van der Waals surface area contributed by atoms with Crippen LogP contribution < -0.4 is 12.3 Å². The van der Waals surface area contributed by atoms with Crippen molar-refractivity contribution in [3.8, 4) is 23.0 Å². The molecule has 0 radical (unpaired) electrons. The van der Waals surface area contributed by atoms with E-state index in [1.807, 2.05) is 121 Å². The molecule has 41 heavy (non-hydrogen) atoms. The van der Waals surface area contributed by atoms with Crippen LogP contribution >= 0.6 is 0 Å². The van der Waals surface area contributed by atoms with Crippen molar-refractivity contribution in [2.45, 2.75) is 0 Å². The van der Waals surface area contributed by atoms with Crippen LogP contribution in [0.3, 0.4) is 0 Å². The summed E-state index contributed by atoms with van der Waals surface area (Å²) in [5, 5.41) is 3.81. The summed E-state index contributed by atoms with van der Waals surface area (Å²) in [6, 6.07) is 39.5. The summed E-state index contributed by atoms with van der Waals surface area (Å²) < 4.78 is 27.9. The van der Waals surface area contributed by atoms with Gasteiger partial charge in [-0.25, -0.2) is 0 Å². The zero-order valence-electron chi connectivity index (χ0n) is 21.7. The molecule has 7 heteroatoms. The van der Waals surface area contributed by atoms with E-state index in [-0.39, 0.29) is 0 Å². The van der Waals surface area contributed by atoms with E-state index < -0.39 is 20.0 Å². The van der Waals surface area contributed by atoms with Crippen LogP contribution in [0.1, 0.15) is 11.1 Å². The molecule has 0 amide bonds. The number of nitrogens with zero attached hydrogens (tertiary/aromatic N) is 2. The van der Waals surface area contributed by atoms with E-state index in [4.69, 9.17) is 22.3 Å². The van der Waals surface area contributed by atoms with Gasteiger partial charge in [0, 0.05) is 0 Å². The van der Waals surface area contributed by atoms with Crippen molar-refractivity contribution >= 4 is 65.4 Å². The van der Waals surface area contributed by atoms with Gasteiger partial charge in [-0.15, -0.1) is 0 Å². The van der Waals surface area contributed by atoms with Gasteiger partial charge in [0.2, 0.25) is 0 Å². The molecule has 0 aliphatic carbocycles. The molecular weight excluding hydrogens is 619 g/mol. The Hall–Kier alpha value is -4.82. The minimum absolute atomic E-state index is 0.558. The monoisotopic (exact) mass is 642 g/mol. The third kappa shape index (κ3) is 4.27. The van der Waals surface area contributed by atoms with E-state index in [9.17, 15) is 0 Å². The molecule has 0 N–H and O–H groups in total. The van der Waals surface area contributed by atoms with E-state index in [1.54, 1.807) is 12.4 Å². The molecule has 6 aromatic rings. The minimum atomic E-state index is -5.27. The van der Waals surface area contributed by atoms with Gasteiger partial charge >= 0.3 is 243 Å². The molecule has 0 atom stereocenters. The average Bonchev–Trinajstić information content (AvgIpc) is 3.12. The Kier molecular flexibility index (Phi) is 5.67. The Morgan fingerprint density at radius 2 is 0.854 bits per heavy atom. The predicted molar refractivity (Wildman–Crippen MR) is 164 cm³/mol. The third-order valence-corrected chi connectivity index (χ3v) is 12.4. The predicted octanol–water partition coefficient (Wildman–Crippen LogP) is 8.17. The number of hydrogen-bond donors (Lipinski definition) is 0. The van der Waals surface area contributed by atoms with Crippen molar-refractivity contribution in [3.05, 3.63) is 132 Å². The van der Waals surface area contributed by atoms with Crippen molar-refractivity contribution in [2.75, 3.05) is 0 Å². The normalized spacial score (nSPS) is 17.0. The molecule has 0 fully saturated rings. The van der Waals surface area contributed by atoms with Crippen LogP contribution in [-0.2, 0) is 0 Å². The zero-order chi connectivity index (χ0) is 27.2. The van der Waals surface area contributed by atoms with Gasteiger partial charge in [0.15, 0.2) is 0 Å². The number of fused-ring (bicyclic) bond motifs is 8. The molecule has 2 aliphatic heterocycles. The molecule has 2 aliphatic rings. The van der Waals surface area contributed by atoms with Gasteiger partial charge in [0.25, 0.3) is 0 Å². The molecule has 196 valence electrons. The maximum absolute atomic E-state index is 7.04. The fourth-order valence-corrected chi connectivity index (χ4v) is 11.1. The second kappa shape index (κ2) is 9.67. The molecule has 6 nitrogen and oxygen atoms in total. The van der Waals surface area contributed by atoms with Crippen LogP contribution in [0.5, 0.6) is 23.0 Å². The number of benzene rings is 6. The first-order chi connectivity index (χ1) is 20.2. The summed E-state index contributed by atoms with van der Waals surface area (Å²) >= 11 is -5.27. The van der Waals surface area contributed by atoms with E-state index >= 15 is 0 Å². The second-order valence-electron chi connectivity index (χ2n) is 9.77. The van der Waals surface area contributed by atoms with E-state index in [2.05, 4.69) is 0 Å². The summed E-state index contributed by atoms with van der Waals surface area (Å²) in [6.07, 6.45) is 3.60. The number of hydrogen-bond acceptors (Lipinski definition) is 6. The van der Waals surface area contributed by atoms with Crippen LogP contribution in [0.15, 0.2) is 131 Å². The zero-order valence-corrected chi connectivity index (χ0v) is 24.6. The Bertz CT molecular complexity index is 1890. The van der Waals surface area contributed by atoms with Crippen LogP contribution in [0.2, 0.25) is 0 Å². The second-order valence-corrected chi connectivity index (χ2v) is 15.0. The van der Waals surface area contributed by atoms with Gasteiger partial charge in [0.05, 0.1) is 0 Å². The van der Waals surface area contributed by atoms with Crippen LogP contribution in [0.4, 0.5) is 11.4 Å². The van der Waals surface area contributed by atoms with Crippen molar-refractivity contribution in [3.63, 3.8) is 0 Å². The molecule has 0 unspecified atom stereocenters. The standard InChI is InChI=1S/2C17H13NO2.Sn/c2*19-16-8-4-2-6-13(16)11-18-15-10-9-12-5-1-3-7-14(12)17(15)20;/h2*1-11,19-20H;/q;;+4/p-4. The SMILES string of the molecule is C1=Nc2ccc3ccccc3c2[O][Sn]2([O]c3ccccc31)[O]c1ccccc1C=Nc1ccc3ccccc3c1[O]2. The molecule has 8 rings (SSSR count). The summed E-state index contributed by atoms with van der Waals surface area (Å²) in [7, 11) is 0. The van der Waals surface area contributed by atoms with Crippen LogP contribution in [-0.4, -0.2) is 32.5 Å². The third-order valence-electron chi connectivity index (χ3n) is 7.17. The van der Waals surface area contributed by atoms with Gasteiger partial charge in [0.1, 0.15) is 0 Å². The number of aliphatic imine (C=N–C) groups is 2. The van der Waals surface area contributed by atoms with Crippen molar-refractivity contribution in [1.29, 1.82) is 0 Å². The molecule has 0 aromatic heterocycles. The summed E-state index contributed by atoms with van der Waals surface area (Å²) in [4.78, 5) is 9.69. The molecule has 6 aromatic carbocycles. The summed E-state index contributed by atoms with van der Waals surface area (Å²) in [6.45, 7) is 0. The fourth-order valence-electron chi connectivity index (χ4n) is 5.16. The first kappa shape index (κ1) is 24.0. The Labute approximate surface area is 242 Å². The fraction of sp³-hybridized carbons (Fsp3) is 0. The molecule has 0 saturated carbocycles. The van der Waals surface area contributed by atoms with Gasteiger partial charge < -0.3 is 0 Å². The first-order valence-corrected chi connectivity index (χ1v) is 18.0. The Morgan fingerprint density at radius 1 is 0.415 bits per heavy atom. The first-order valence-electron chi connectivity index (χ1n) is 13.3. The average molecular weight is 641 g/mol. The molecular formula is C34H22N2O4Sn. The molecule has 0 saturated heterocycles. The van der Waals surface area contributed by atoms with E-state index in [1.165, 1.54) is 0 Å². The molecule has 2 heterocycles. The molecule has 0 bridgehead atoms. The number of rotatable bonds is 0. The maximum atomic E-state index is 7.04. The van der Waals surface area contributed by atoms with E-state index in [0.29, 0.717) is 34.4 Å². The number of para-hydroxylation sites is 2. The topological polar surface area (TPSA) is 61.6 Å². The molecule has 1 spiro atoms. The quantitative estimate of drug-likeness (QED) is 0.157. The van der Waals surface area contributed by atoms with Gasteiger partial charge in [-0.05, 0) is 0 Å². The van der Waals surface area contributed by atoms with Crippen LogP contribution in [0.25, 0.3) is 21.5 Å². The van der Waals surface area contributed by atoms with Gasteiger partial charge in [-0.2, -0.15) is 0 Å². The van der Waals surface area contributed by atoms with Crippen molar-refractivity contribution in [2.24, 2.45) is 9.98 Å². The Balaban J connectivity index is 1.44. The van der Waals surface area contributed by atoms with Crippen LogP contribution in [0, 0.1) is 0 Å². The Morgan fingerprint density at radius 3 is 1.37 bits per heavy atom. The van der Waals surface area contributed by atoms with Crippen molar-refractivity contribution in [1.82, 2.24) is 0 Å². The summed E-state index contributed by atoms with van der Waals surface area (Å²) in [5.41, 5.74) is 2.91. The van der Waals surface area contributed by atoms with Crippen molar-refractivity contribution < 1.29 is 12.3 Å². The van der Waals surface area contributed by atoms with E-state index in [0.717, 1.165) is 32.7 Å². The van der Waals surface area contributed by atoms with Gasteiger partial charge in [-0.1, -0.05) is 0 Å².